The minimum atomic E-state index is 0.212. The van der Waals surface area contributed by atoms with Gasteiger partial charge in [-0.1, -0.05) is 6.08 Å². The van der Waals surface area contributed by atoms with E-state index in [1.807, 2.05) is 12.2 Å². The molecule has 0 aliphatic carbocycles. The molecule has 2 nitrogen and oxygen atoms in total. The summed E-state index contributed by atoms with van der Waals surface area (Å²) < 4.78 is 5.32. The molecule has 11 heavy (non-hydrogen) atoms. The molecule has 62 valence electrons. The van der Waals surface area contributed by atoms with E-state index in [1.165, 1.54) is 0 Å². The highest BCUT2D eigenvalue weighted by Gasteiger charge is 1.98. The third-order valence-corrected chi connectivity index (χ3v) is 1.54. The van der Waals surface area contributed by atoms with Crippen LogP contribution in [0.15, 0.2) is 24.0 Å². The second kappa shape index (κ2) is 4.97. The molecule has 0 saturated heterocycles. The predicted molar refractivity (Wildman–Crippen MR) is 44.1 cm³/mol. The lowest BCUT2D eigenvalue weighted by Gasteiger charge is -2.10. The number of aliphatic hydroxyl groups is 1. The summed E-state index contributed by atoms with van der Waals surface area (Å²) in [6.45, 7) is 1.04. The van der Waals surface area contributed by atoms with Crippen molar-refractivity contribution in [3.63, 3.8) is 0 Å². The molecule has 0 spiro atoms. The summed E-state index contributed by atoms with van der Waals surface area (Å²) >= 11 is 0. The molecule has 0 bridgehead atoms. The molecular formula is C9H14O2. The highest BCUT2D eigenvalue weighted by molar-refractivity contribution is 5.13. The Morgan fingerprint density at radius 2 is 2.55 bits per heavy atom. The third-order valence-electron chi connectivity index (χ3n) is 1.54. The predicted octanol–water partition coefficient (Wildman–Crippen LogP) is 1.62. The molecular weight excluding hydrogens is 140 g/mol. The SMILES string of the molecule is OCC/C=C\C1=CCCCO1. The summed E-state index contributed by atoms with van der Waals surface area (Å²) in [6.07, 6.45) is 8.88. The fraction of sp³-hybridized carbons (Fsp3) is 0.556. The first-order chi connectivity index (χ1) is 5.43. The molecule has 2 heteroatoms. The van der Waals surface area contributed by atoms with Gasteiger partial charge in [-0.2, -0.15) is 0 Å². The number of hydrogen-bond acceptors (Lipinski definition) is 2. The van der Waals surface area contributed by atoms with E-state index in [-0.39, 0.29) is 6.61 Å². The molecule has 0 radical (unpaired) electrons. The van der Waals surface area contributed by atoms with Crippen LogP contribution in [0.25, 0.3) is 0 Å². The minimum absolute atomic E-state index is 0.212. The van der Waals surface area contributed by atoms with Crippen LogP contribution < -0.4 is 0 Å². The first-order valence-electron chi connectivity index (χ1n) is 4.04. The van der Waals surface area contributed by atoms with Crippen LogP contribution in [0.1, 0.15) is 19.3 Å². The van der Waals surface area contributed by atoms with Gasteiger partial charge in [-0.25, -0.2) is 0 Å². The maximum Gasteiger partial charge on any atom is 0.114 e. The van der Waals surface area contributed by atoms with Gasteiger partial charge in [0.15, 0.2) is 0 Å². The second-order valence-corrected chi connectivity index (χ2v) is 2.51. The van der Waals surface area contributed by atoms with Gasteiger partial charge in [-0.15, -0.1) is 0 Å². The third kappa shape index (κ3) is 3.23. The molecule has 1 heterocycles. The summed E-state index contributed by atoms with van der Waals surface area (Å²) in [4.78, 5) is 0. The van der Waals surface area contributed by atoms with Crippen LogP contribution in [-0.2, 0) is 4.74 Å². The van der Waals surface area contributed by atoms with Crippen molar-refractivity contribution in [2.24, 2.45) is 0 Å². The molecule has 0 fully saturated rings. The van der Waals surface area contributed by atoms with Crippen molar-refractivity contribution in [1.82, 2.24) is 0 Å². The molecule has 0 unspecified atom stereocenters. The Morgan fingerprint density at radius 1 is 1.64 bits per heavy atom. The Labute approximate surface area is 67.2 Å². The number of rotatable bonds is 3. The van der Waals surface area contributed by atoms with Crippen molar-refractivity contribution in [1.29, 1.82) is 0 Å². The lowest BCUT2D eigenvalue weighted by molar-refractivity contribution is 0.205. The van der Waals surface area contributed by atoms with E-state index in [4.69, 9.17) is 9.84 Å². The van der Waals surface area contributed by atoms with E-state index < -0.39 is 0 Å². The zero-order valence-corrected chi connectivity index (χ0v) is 6.62. The molecule has 0 saturated carbocycles. The molecule has 0 atom stereocenters. The molecule has 1 aliphatic heterocycles. The highest BCUT2D eigenvalue weighted by atomic mass is 16.5. The van der Waals surface area contributed by atoms with Crippen molar-refractivity contribution < 1.29 is 9.84 Å². The topological polar surface area (TPSA) is 29.5 Å². The first-order valence-corrected chi connectivity index (χ1v) is 4.04. The molecule has 0 aromatic carbocycles. The van der Waals surface area contributed by atoms with E-state index in [0.29, 0.717) is 6.42 Å². The van der Waals surface area contributed by atoms with Crippen molar-refractivity contribution in [2.75, 3.05) is 13.2 Å². The van der Waals surface area contributed by atoms with Gasteiger partial charge in [0.05, 0.1) is 6.61 Å². The zero-order chi connectivity index (χ0) is 7.94. The van der Waals surface area contributed by atoms with Gasteiger partial charge in [-0.3, -0.25) is 0 Å². The van der Waals surface area contributed by atoms with Gasteiger partial charge in [0, 0.05) is 6.61 Å². The number of ether oxygens (including phenoxy) is 1. The van der Waals surface area contributed by atoms with Gasteiger partial charge < -0.3 is 9.84 Å². The summed E-state index contributed by atoms with van der Waals surface area (Å²) in [5.74, 6) is 0.949. The quantitative estimate of drug-likeness (QED) is 0.669. The number of hydrogen-bond donors (Lipinski definition) is 1. The van der Waals surface area contributed by atoms with Gasteiger partial charge in [0.1, 0.15) is 5.76 Å². The summed E-state index contributed by atoms with van der Waals surface area (Å²) in [5.41, 5.74) is 0. The molecule has 1 N–H and O–H groups in total. The fourth-order valence-corrected chi connectivity index (χ4v) is 0.967. The average Bonchev–Trinajstić information content (AvgIpc) is 2.07. The lowest BCUT2D eigenvalue weighted by atomic mass is 10.2. The Morgan fingerprint density at radius 3 is 3.18 bits per heavy atom. The number of aliphatic hydroxyl groups excluding tert-OH is 1. The summed E-state index contributed by atoms with van der Waals surface area (Å²) in [5, 5.41) is 8.48. The van der Waals surface area contributed by atoms with Crippen molar-refractivity contribution >= 4 is 0 Å². The smallest absolute Gasteiger partial charge is 0.114 e. The van der Waals surface area contributed by atoms with E-state index in [9.17, 15) is 0 Å². The van der Waals surface area contributed by atoms with Gasteiger partial charge in [0.2, 0.25) is 0 Å². The average molecular weight is 154 g/mol. The van der Waals surface area contributed by atoms with E-state index in [0.717, 1.165) is 25.2 Å². The largest absolute Gasteiger partial charge is 0.494 e. The van der Waals surface area contributed by atoms with Crippen LogP contribution in [0.4, 0.5) is 0 Å². The van der Waals surface area contributed by atoms with E-state index in [2.05, 4.69) is 6.08 Å². The fourth-order valence-electron chi connectivity index (χ4n) is 0.967. The summed E-state index contributed by atoms with van der Waals surface area (Å²) in [7, 11) is 0. The van der Waals surface area contributed by atoms with Crippen LogP contribution in [0.3, 0.4) is 0 Å². The number of allylic oxidation sites excluding steroid dienone is 2. The lowest BCUT2D eigenvalue weighted by Crippen LogP contribution is -1.98. The van der Waals surface area contributed by atoms with Crippen molar-refractivity contribution in [2.45, 2.75) is 19.3 Å². The zero-order valence-electron chi connectivity index (χ0n) is 6.62. The normalized spacial score (nSPS) is 18.1. The van der Waals surface area contributed by atoms with Gasteiger partial charge in [-0.05, 0) is 31.4 Å². The van der Waals surface area contributed by atoms with Crippen LogP contribution in [0.2, 0.25) is 0 Å². The maximum absolute atomic E-state index is 8.48. The highest BCUT2D eigenvalue weighted by Crippen LogP contribution is 2.10. The van der Waals surface area contributed by atoms with Crippen molar-refractivity contribution in [3.8, 4) is 0 Å². The second-order valence-electron chi connectivity index (χ2n) is 2.51. The Hall–Kier alpha value is -0.760. The molecule has 1 aliphatic rings. The van der Waals surface area contributed by atoms with Gasteiger partial charge in [0.25, 0.3) is 0 Å². The first kappa shape index (κ1) is 8.34. The molecule has 0 amide bonds. The molecule has 0 aromatic rings. The van der Waals surface area contributed by atoms with Crippen LogP contribution >= 0.6 is 0 Å². The van der Waals surface area contributed by atoms with E-state index in [1.54, 1.807) is 0 Å². The van der Waals surface area contributed by atoms with Crippen molar-refractivity contribution in [3.05, 3.63) is 24.0 Å². The molecule has 1 rings (SSSR count). The van der Waals surface area contributed by atoms with E-state index >= 15 is 0 Å². The standard InChI is InChI=1S/C9H14O2/c10-7-3-1-5-9-6-2-4-8-11-9/h1,5-6,10H,2-4,7-8H2/b5-1-. The van der Waals surface area contributed by atoms with Gasteiger partial charge >= 0.3 is 0 Å². The monoisotopic (exact) mass is 154 g/mol. The summed E-state index contributed by atoms with van der Waals surface area (Å²) in [6, 6.07) is 0. The van der Waals surface area contributed by atoms with Crippen LogP contribution in [0.5, 0.6) is 0 Å². The van der Waals surface area contributed by atoms with Crippen LogP contribution in [0, 0.1) is 0 Å². The maximum atomic E-state index is 8.48. The van der Waals surface area contributed by atoms with Crippen LogP contribution in [-0.4, -0.2) is 18.3 Å². The Bertz CT molecular complexity index is 159. The Kier molecular flexibility index (Phi) is 3.76. The molecule has 0 aromatic heterocycles. The minimum Gasteiger partial charge on any atom is -0.494 e. The Balaban J connectivity index is 2.29.